The number of halogens is 1. The molecule has 1 aromatic heterocycles. The second-order valence-electron chi connectivity index (χ2n) is 3.82. The van der Waals surface area contributed by atoms with Crippen LogP contribution in [0.5, 0.6) is 0 Å². The highest BCUT2D eigenvalue weighted by atomic mass is 79.9. The zero-order valence-electron chi connectivity index (χ0n) is 10.1. The average molecular weight is 313 g/mol. The maximum atomic E-state index is 11.0. The summed E-state index contributed by atoms with van der Waals surface area (Å²) < 4.78 is 0.558. The van der Waals surface area contributed by atoms with Crippen LogP contribution >= 0.6 is 15.9 Å². The van der Waals surface area contributed by atoms with E-state index >= 15 is 0 Å². The van der Waals surface area contributed by atoms with Crippen LogP contribution in [0.2, 0.25) is 0 Å². The largest absolute Gasteiger partial charge is 0.350 e. The van der Waals surface area contributed by atoms with Crippen LogP contribution in [0.25, 0.3) is 0 Å². The lowest BCUT2D eigenvalue weighted by molar-refractivity contribution is -0.384. The van der Waals surface area contributed by atoms with Crippen molar-refractivity contribution in [3.05, 3.63) is 26.9 Å². The van der Waals surface area contributed by atoms with E-state index in [9.17, 15) is 10.1 Å². The van der Waals surface area contributed by atoms with Crippen molar-refractivity contribution in [3.8, 4) is 6.07 Å². The molecule has 96 valence electrons. The van der Waals surface area contributed by atoms with Gasteiger partial charge < -0.3 is 4.90 Å². The lowest BCUT2D eigenvalue weighted by atomic mass is 10.2. The van der Waals surface area contributed by atoms with Crippen molar-refractivity contribution in [2.45, 2.75) is 13.8 Å². The van der Waals surface area contributed by atoms with Gasteiger partial charge in [0.2, 0.25) is 5.82 Å². The zero-order valence-corrected chi connectivity index (χ0v) is 11.7. The quantitative estimate of drug-likeness (QED) is 0.616. The number of anilines is 1. The van der Waals surface area contributed by atoms with Gasteiger partial charge in [-0.25, -0.2) is 4.98 Å². The Bertz CT molecular complexity index is 486. The van der Waals surface area contributed by atoms with Crippen LogP contribution in [0.4, 0.5) is 11.5 Å². The number of nitro groups is 1. The average Bonchev–Trinajstić information content (AvgIpc) is 2.35. The molecule has 0 aliphatic rings. The van der Waals surface area contributed by atoms with Crippen molar-refractivity contribution in [1.82, 2.24) is 4.98 Å². The number of hydrogen-bond donors (Lipinski definition) is 0. The summed E-state index contributed by atoms with van der Waals surface area (Å²) in [5.74, 6) is 0.0859. The first kappa shape index (κ1) is 14.4. The van der Waals surface area contributed by atoms with E-state index in [0.29, 0.717) is 23.4 Å². The van der Waals surface area contributed by atoms with Crippen LogP contribution in [-0.4, -0.2) is 23.0 Å². The molecule has 1 rings (SSSR count). The first-order valence-electron chi connectivity index (χ1n) is 5.44. The third kappa shape index (κ3) is 3.40. The Kier molecular flexibility index (Phi) is 5.04. The third-order valence-electron chi connectivity index (χ3n) is 2.41. The molecule has 6 nitrogen and oxygen atoms in total. The predicted octanol–water partition coefficient (Wildman–Crippen LogP) is 2.74. The highest BCUT2D eigenvalue weighted by Gasteiger charge is 2.21. The van der Waals surface area contributed by atoms with Crippen LogP contribution in [0.15, 0.2) is 16.7 Å². The second kappa shape index (κ2) is 6.31. The minimum Gasteiger partial charge on any atom is -0.350 e. The fourth-order valence-corrected chi connectivity index (χ4v) is 1.86. The molecular formula is C11H13BrN4O2. The molecule has 0 spiro atoms. The van der Waals surface area contributed by atoms with E-state index in [1.807, 2.05) is 6.92 Å². The fourth-order valence-electron chi connectivity index (χ4n) is 1.54. The van der Waals surface area contributed by atoms with Gasteiger partial charge in [0, 0.05) is 29.8 Å². The smallest absolute Gasteiger partial charge is 0.312 e. The zero-order chi connectivity index (χ0) is 13.7. The number of hydrogen-bond acceptors (Lipinski definition) is 5. The summed E-state index contributed by atoms with van der Waals surface area (Å²) in [5, 5.41) is 19.8. The summed E-state index contributed by atoms with van der Waals surface area (Å²) in [5.41, 5.74) is -0.0589. The summed E-state index contributed by atoms with van der Waals surface area (Å²) in [7, 11) is 0. The Labute approximate surface area is 114 Å². The summed E-state index contributed by atoms with van der Waals surface area (Å²) >= 11 is 3.16. The summed E-state index contributed by atoms with van der Waals surface area (Å²) in [6.07, 6.45) is 1.52. The molecule has 0 saturated heterocycles. The SMILES string of the molecule is CCN(CC(C)C#N)c1ncc(Br)cc1[N+](=O)[O-]. The Morgan fingerprint density at radius 2 is 2.39 bits per heavy atom. The van der Waals surface area contributed by atoms with Crippen LogP contribution < -0.4 is 4.90 Å². The summed E-state index contributed by atoms with van der Waals surface area (Å²) in [4.78, 5) is 16.4. The van der Waals surface area contributed by atoms with E-state index in [4.69, 9.17) is 5.26 Å². The molecule has 0 aromatic carbocycles. The number of pyridine rings is 1. The van der Waals surface area contributed by atoms with E-state index in [2.05, 4.69) is 27.0 Å². The minimum absolute atomic E-state index is 0.0589. The maximum Gasteiger partial charge on any atom is 0.312 e. The highest BCUT2D eigenvalue weighted by molar-refractivity contribution is 9.10. The molecule has 0 aliphatic heterocycles. The van der Waals surface area contributed by atoms with E-state index in [0.717, 1.165) is 0 Å². The van der Waals surface area contributed by atoms with E-state index < -0.39 is 4.92 Å². The van der Waals surface area contributed by atoms with E-state index in [1.54, 1.807) is 11.8 Å². The molecule has 1 aromatic rings. The molecule has 0 aliphatic carbocycles. The van der Waals surface area contributed by atoms with Crippen LogP contribution in [-0.2, 0) is 0 Å². The Morgan fingerprint density at radius 3 is 2.89 bits per heavy atom. The number of nitriles is 1. The van der Waals surface area contributed by atoms with Gasteiger partial charge in [0.25, 0.3) is 0 Å². The first-order valence-corrected chi connectivity index (χ1v) is 6.23. The molecule has 1 unspecified atom stereocenters. The minimum atomic E-state index is -0.465. The molecule has 1 heterocycles. The molecule has 0 bridgehead atoms. The first-order chi connectivity index (χ1) is 8.49. The van der Waals surface area contributed by atoms with Crippen LogP contribution in [0.1, 0.15) is 13.8 Å². The summed E-state index contributed by atoms with van der Waals surface area (Å²) in [6.45, 7) is 4.62. The van der Waals surface area contributed by atoms with Crippen molar-refractivity contribution in [3.63, 3.8) is 0 Å². The molecule has 0 saturated carbocycles. The number of nitrogens with zero attached hydrogens (tertiary/aromatic N) is 4. The van der Waals surface area contributed by atoms with Crippen molar-refractivity contribution in [2.75, 3.05) is 18.0 Å². The summed E-state index contributed by atoms with van der Waals surface area (Å²) in [6, 6.07) is 3.53. The van der Waals surface area contributed by atoms with Crippen molar-refractivity contribution < 1.29 is 4.92 Å². The van der Waals surface area contributed by atoms with Gasteiger partial charge in [0.1, 0.15) is 0 Å². The van der Waals surface area contributed by atoms with Gasteiger partial charge in [-0.1, -0.05) is 0 Å². The molecule has 0 fully saturated rings. The molecular weight excluding hydrogens is 300 g/mol. The fraction of sp³-hybridized carbons (Fsp3) is 0.455. The molecule has 7 heteroatoms. The van der Waals surface area contributed by atoms with Gasteiger partial charge in [-0.05, 0) is 29.8 Å². The second-order valence-corrected chi connectivity index (χ2v) is 4.74. The van der Waals surface area contributed by atoms with Gasteiger partial charge in [0.15, 0.2) is 0 Å². The van der Waals surface area contributed by atoms with Gasteiger partial charge in [-0.3, -0.25) is 10.1 Å². The third-order valence-corrected chi connectivity index (χ3v) is 2.84. The lowest BCUT2D eigenvalue weighted by Crippen LogP contribution is -2.29. The van der Waals surface area contributed by atoms with Crippen LogP contribution in [0, 0.1) is 27.4 Å². The number of rotatable bonds is 5. The van der Waals surface area contributed by atoms with E-state index in [1.165, 1.54) is 12.3 Å². The number of aromatic nitrogens is 1. The Balaban J connectivity index is 3.13. The van der Waals surface area contributed by atoms with Gasteiger partial charge in [-0.2, -0.15) is 5.26 Å². The topological polar surface area (TPSA) is 83.1 Å². The monoisotopic (exact) mass is 312 g/mol. The standard InChI is InChI=1S/C11H13BrN4O2/c1-3-15(7-8(2)5-13)11-10(16(17)18)4-9(12)6-14-11/h4,6,8H,3,7H2,1-2H3. The molecule has 1 atom stereocenters. The van der Waals surface area contributed by atoms with Crippen molar-refractivity contribution >= 4 is 27.4 Å². The van der Waals surface area contributed by atoms with Crippen molar-refractivity contribution in [2.24, 2.45) is 5.92 Å². The molecule has 0 N–H and O–H groups in total. The van der Waals surface area contributed by atoms with Gasteiger partial charge in [0.05, 0.1) is 16.9 Å². The van der Waals surface area contributed by atoms with Crippen molar-refractivity contribution in [1.29, 1.82) is 5.26 Å². The van der Waals surface area contributed by atoms with Gasteiger partial charge in [-0.15, -0.1) is 0 Å². The molecule has 0 amide bonds. The Hall–Kier alpha value is -1.68. The Morgan fingerprint density at radius 1 is 1.72 bits per heavy atom. The normalized spacial score (nSPS) is 11.7. The van der Waals surface area contributed by atoms with E-state index in [-0.39, 0.29) is 11.6 Å². The lowest BCUT2D eigenvalue weighted by Gasteiger charge is -2.22. The predicted molar refractivity (Wildman–Crippen MR) is 71.3 cm³/mol. The maximum absolute atomic E-state index is 11.0. The molecule has 18 heavy (non-hydrogen) atoms. The highest BCUT2D eigenvalue weighted by Crippen LogP contribution is 2.28. The molecule has 0 radical (unpaired) electrons. The van der Waals surface area contributed by atoms with Gasteiger partial charge >= 0.3 is 5.69 Å². The van der Waals surface area contributed by atoms with Crippen LogP contribution in [0.3, 0.4) is 0 Å².